The van der Waals surface area contributed by atoms with Gasteiger partial charge in [0.2, 0.25) is 5.43 Å². The number of benzene rings is 2. The molecule has 7 heteroatoms. The maximum absolute atomic E-state index is 13.6. The molecule has 0 aliphatic carbocycles. The van der Waals surface area contributed by atoms with Crippen LogP contribution in [0.4, 0.5) is 4.39 Å². The lowest BCUT2D eigenvalue weighted by Crippen LogP contribution is -2.37. The van der Waals surface area contributed by atoms with E-state index in [4.69, 9.17) is 0 Å². The molecule has 150 valence electrons. The van der Waals surface area contributed by atoms with Crippen LogP contribution in [0.25, 0.3) is 5.69 Å². The van der Waals surface area contributed by atoms with Crippen LogP contribution in [0.1, 0.15) is 27.8 Å². The molecule has 0 saturated heterocycles. The van der Waals surface area contributed by atoms with E-state index in [1.54, 1.807) is 23.7 Å². The second-order valence-electron chi connectivity index (χ2n) is 6.99. The van der Waals surface area contributed by atoms with Crippen molar-refractivity contribution < 1.29 is 9.18 Å². The van der Waals surface area contributed by atoms with Crippen LogP contribution in [-0.2, 0) is 0 Å². The number of hydrogen-bond donors (Lipinski definition) is 1. The summed E-state index contributed by atoms with van der Waals surface area (Å²) in [6.07, 6.45) is 0. The molecule has 0 spiro atoms. The summed E-state index contributed by atoms with van der Waals surface area (Å²) in [5.41, 5.74) is 1.48. The summed E-state index contributed by atoms with van der Waals surface area (Å²) in [6, 6.07) is 16.7. The Hall–Kier alpha value is -3.32. The Balaban J connectivity index is 1.84. The average molecular weight is 394 g/mol. The minimum absolute atomic E-state index is 0.184. The molecular weight excluding hydrogens is 371 g/mol. The molecule has 0 bridgehead atoms. The molecule has 1 N–H and O–H groups in total. The molecule has 29 heavy (non-hydrogen) atoms. The fourth-order valence-corrected chi connectivity index (χ4v) is 3.12. The van der Waals surface area contributed by atoms with Gasteiger partial charge in [-0.3, -0.25) is 9.59 Å². The number of nitrogens with one attached hydrogen (secondary N) is 1. The number of carbonyl (C=O) groups excluding carboxylic acids is 1. The number of halogens is 1. The Morgan fingerprint density at radius 3 is 2.52 bits per heavy atom. The van der Waals surface area contributed by atoms with Crippen molar-refractivity contribution in [3.63, 3.8) is 0 Å². The van der Waals surface area contributed by atoms with Gasteiger partial charge in [0.15, 0.2) is 5.69 Å². The number of carbonyl (C=O) groups is 1. The number of nitrogens with zero attached hydrogens (tertiary/aromatic N) is 3. The fraction of sp³-hybridized carbons (Fsp3) is 0.227. The predicted octanol–water partition coefficient (Wildman–Crippen LogP) is 2.71. The van der Waals surface area contributed by atoms with Gasteiger partial charge in [-0.15, -0.1) is 0 Å². The van der Waals surface area contributed by atoms with Gasteiger partial charge in [-0.1, -0.05) is 30.3 Å². The summed E-state index contributed by atoms with van der Waals surface area (Å²) < 4.78 is 15.2. The molecule has 0 radical (unpaired) electrons. The summed E-state index contributed by atoms with van der Waals surface area (Å²) in [7, 11) is 3.68. The van der Waals surface area contributed by atoms with E-state index in [9.17, 15) is 14.0 Å². The molecule has 1 aromatic heterocycles. The maximum Gasteiger partial charge on any atom is 0.275 e. The molecule has 3 aromatic rings. The van der Waals surface area contributed by atoms with E-state index in [1.165, 1.54) is 18.2 Å². The third-order valence-electron chi connectivity index (χ3n) is 4.64. The zero-order chi connectivity index (χ0) is 21.0. The Kier molecular flexibility index (Phi) is 6.19. The van der Waals surface area contributed by atoms with Gasteiger partial charge < -0.3 is 10.2 Å². The van der Waals surface area contributed by atoms with Gasteiger partial charge in [-0.2, -0.15) is 5.10 Å². The molecule has 2 aromatic carbocycles. The number of amides is 1. The molecule has 0 aliphatic heterocycles. The summed E-state index contributed by atoms with van der Waals surface area (Å²) in [4.78, 5) is 26.9. The maximum atomic E-state index is 13.6. The van der Waals surface area contributed by atoms with E-state index in [1.807, 2.05) is 49.3 Å². The van der Waals surface area contributed by atoms with Crippen molar-refractivity contribution in [2.45, 2.75) is 13.0 Å². The van der Waals surface area contributed by atoms with E-state index < -0.39 is 11.3 Å². The second kappa shape index (κ2) is 8.79. The van der Waals surface area contributed by atoms with Gasteiger partial charge in [0.1, 0.15) is 5.82 Å². The molecule has 1 atom stereocenters. The molecule has 3 rings (SSSR count). The zero-order valence-corrected chi connectivity index (χ0v) is 16.6. The van der Waals surface area contributed by atoms with Crippen LogP contribution >= 0.6 is 0 Å². The van der Waals surface area contributed by atoms with Crippen LogP contribution in [0, 0.1) is 12.7 Å². The fourth-order valence-electron chi connectivity index (χ4n) is 3.12. The van der Waals surface area contributed by atoms with E-state index in [0.717, 1.165) is 11.3 Å². The van der Waals surface area contributed by atoms with Gasteiger partial charge >= 0.3 is 0 Å². The summed E-state index contributed by atoms with van der Waals surface area (Å²) in [5, 5.41) is 7.03. The number of aryl methyl sites for hydroxylation is 1. The summed E-state index contributed by atoms with van der Waals surface area (Å²) in [6.45, 7) is 1.96. The molecule has 0 unspecified atom stereocenters. The first-order valence-corrected chi connectivity index (χ1v) is 9.23. The molecule has 1 amide bonds. The highest BCUT2D eigenvalue weighted by molar-refractivity contribution is 5.92. The van der Waals surface area contributed by atoms with Crippen molar-refractivity contribution in [2.24, 2.45) is 0 Å². The van der Waals surface area contributed by atoms with Crippen molar-refractivity contribution in [2.75, 3.05) is 20.6 Å². The van der Waals surface area contributed by atoms with Gasteiger partial charge in [-0.25, -0.2) is 9.07 Å². The van der Waals surface area contributed by atoms with Crippen molar-refractivity contribution in [1.82, 2.24) is 20.0 Å². The number of hydrogen-bond acceptors (Lipinski definition) is 4. The first-order valence-electron chi connectivity index (χ1n) is 9.23. The average Bonchev–Trinajstić information content (AvgIpc) is 2.68. The van der Waals surface area contributed by atoms with Crippen LogP contribution in [0.2, 0.25) is 0 Å². The molecule has 0 fully saturated rings. The number of rotatable bonds is 6. The molecule has 0 aliphatic rings. The highest BCUT2D eigenvalue weighted by Gasteiger charge is 2.19. The highest BCUT2D eigenvalue weighted by atomic mass is 19.1. The largest absolute Gasteiger partial charge is 0.349 e. The molecular formula is C22H23FN4O2. The van der Waals surface area contributed by atoms with Crippen molar-refractivity contribution in [3.05, 3.63) is 93.7 Å². The number of aromatic nitrogens is 2. The van der Waals surface area contributed by atoms with Crippen LogP contribution in [0.3, 0.4) is 0 Å². The third-order valence-corrected chi connectivity index (χ3v) is 4.64. The first-order chi connectivity index (χ1) is 13.9. The lowest BCUT2D eigenvalue weighted by atomic mass is 10.1. The first kappa shape index (κ1) is 20.4. The van der Waals surface area contributed by atoms with Crippen LogP contribution in [0.5, 0.6) is 0 Å². The normalized spacial score (nSPS) is 12.0. The van der Waals surface area contributed by atoms with Crippen molar-refractivity contribution in [3.8, 4) is 5.69 Å². The Bertz CT molecular complexity index is 1060. The quantitative estimate of drug-likeness (QED) is 0.698. The SMILES string of the molecule is Cc1cc(=O)c(C(=O)NC[C@@H](c2cccc(F)c2)N(C)C)nn1-c1ccccc1. The second-order valence-corrected chi connectivity index (χ2v) is 6.99. The lowest BCUT2D eigenvalue weighted by Gasteiger charge is -2.25. The predicted molar refractivity (Wildman–Crippen MR) is 110 cm³/mol. The topological polar surface area (TPSA) is 67.2 Å². The third kappa shape index (κ3) is 4.75. The van der Waals surface area contributed by atoms with Crippen molar-refractivity contribution >= 4 is 5.91 Å². The van der Waals surface area contributed by atoms with E-state index in [-0.39, 0.29) is 24.1 Å². The summed E-state index contributed by atoms with van der Waals surface area (Å²) >= 11 is 0. The van der Waals surface area contributed by atoms with Gasteiger partial charge in [-0.05, 0) is 50.8 Å². The monoisotopic (exact) mass is 394 g/mol. The van der Waals surface area contributed by atoms with Crippen LogP contribution in [0.15, 0.2) is 65.5 Å². The smallest absolute Gasteiger partial charge is 0.275 e. The minimum Gasteiger partial charge on any atom is -0.349 e. The van der Waals surface area contributed by atoms with Crippen LogP contribution in [-0.4, -0.2) is 41.2 Å². The highest BCUT2D eigenvalue weighted by Crippen LogP contribution is 2.18. The van der Waals surface area contributed by atoms with E-state index in [2.05, 4.69) is 10.4 Å². The minimum atomic E-state index is -0.567. The number of likely N-dealkylation sites (N-methyl/N-ethyl adjacent to an activating group) is 1. The standard InChI is InChI=1S/C22H23FN4O2/c1-15-12-20(28)21(25-27(15)18-10-5-4-6-11-18)22(29)24-14-19(26(2)3)16-8-7-9-17(23)13-16/h4-13,19H,14H2,1-3H3,(H,24,29)/t19-/m0/s1. The molecule has 0 saturated carbocycles. The van der Waals surface area contributed by atoms with E-state index >= 15 is 0 Å². The number of para-hydroxylation sites is 1. The molecule has 1 heterocycles. The Morgan fingerprint density at radius 1 is 1.14 bits per heavy atom. The van der Waals surface area contributed by atoms with Gasteiger partial charge in [0, 0.05) is 18.3 Å². The van der Waals surface area contributed by atoms with Gasteiger partial charge in [0.25, 0.3) is 5.91 Å². The van der Waals surface area contributed by atoms with Gasteiger partial charge in [0.05, 0.1) is 11.7 Å². The zero-order valence-electron chi connectivity index (χ0n) is 16.6. The van der Waals surface area contributed by atoms with Crippen LogP contribution < -0.4 is 10.7 Å². The molecule has 6 nitrogen and oxygen atoms in total. The van der Waals surface area contributed by atoms with Crippen molar-refractivity contribution in [1.29, 1.82) is 0 Å². The Labute approximate surface area is 168 Å². The Morgan fingerprint density at radius 2 is 1.86 bits per heavy atom. The lowest BCUT2D eigenvalue weighted by molar-refractivity contribution is 0.0934. The van der Waals surface area contributed by atoms with E-state index in [0.29, 0.717) is 5.69 Å². The summed E-state index contributed by atoms with van der Waals surface area (Å²) in [5.74, 6) is -0.908.